The lowest BCUT2D eigenvalue weighted by Gasteiger charge is -2.40. The van der Waals surface area contributed by atoms with Crippen LogP contribution in [0, 0.1) is 0 Å². The Morgan fingerprint density at radius 1 is 0.416 bits per heavy atom. The fourth-order valence-corrected chi connectivity index (χ4v) is 10.3. The summed E-state index contributed by atoms with van der Waals surface area (Å²) in [5.41, 5.74) is 0. The van der Waals surface area contributed by atoms with Crippen molar-refractivity contribution < 1.29 is 58.2 Å². The number of aliphatic carboxylic acids is 1. The van der Waals surface area contributed by atoms with Gasteiger partial charge in [-0.3, -0.25) is 14.4 Å². The summed E-state index contributed by atoms with van der Waals surface area (Å²) >= 11 is 0. The van der Waals surface area contributed by atoms with Crippen LogP contribution in [0.5, 0.6) is 0 Å². The molecular formula is C65H120O12. The van der Waals surface area contributed by atoms with Crippen LogP contribution in [0.1, 0.15) is 329 Å². The number of aliphatic hydroxyl groups excluding tert-OH is 2. The third kappa shape index (κ3) is 43.9. The van der Waals surface area contributed by atoms with Crippen LogP contribution in [0.25, 0.3) is 0 Å². The Bertz CT molecular complexity index is 1390. The minimum absolute atomic E-state index is 0.0682. The van der Waals surface area contributed by atoms with Crippen LogP contribution in [0.15, 0.2) is 12.2 Å². The molecular weight excluding hydrogens is 973 g/mol. The molecule has 0 radical (unpaired) electrons. The van der Waals surface area contributed by atoms with Crippen molar-refractivity contribution in [1.29, 1.82) is 0 Å². The fourth-order valence-electron chi connectivity index (χ4n) is 10.3. The van der Waals surface area contributed by atoms with E-state index in [9.17, 15) is 34.5 Å². The molecule has 1 rings (SSSR count). The van der Waals surface area contributed by atoms with Gasteiger partial charge in [-0.2, -0.15) is 0 Å². The number of hydrogen-bond acceptors (Lipinski definition) is 11. The van der Waals surface area contributed by atoms with Crippen LogP contribution in [0.3, 0.4) is 0 Å². The van der Waals surface area contributed by atoms with E-state index in [0.717, 1.165) is 77.0 Å². The van der Waals surface area contributed by atoms with Crippen molar-refractivity contribution in [3.8, 4) is 0 Å². The van der Waals surface area contributed by atoms with Gasteiger partial charge in [0, 0.05) is 19.3 Å². The molecule has 0 spiro atoms. The molecule has 0 aromatic heterocycles. The molecule has 1 saturated heterocycles. The van der Waals surface area contributed by atoms with Gasteiger partial charge in [0.1, 0.15) is 18.8 Å². The average molecular weight is 1090 g/mol. The molecule has 12 nitrogen and oxygen atoms in total. The Labute approximate surface area is 471 Å². The highest BCUT2D eigenvalue weighted by molar-refractivity contribution is 5.74. The number of unbranched alkanes of at least 4 members (excludes halogenated alkanes) is 41. The summed E-state index contributed by atoms with van der Waals surface area (Å²) in [5.74, 6) is -3.09. The molecule has 0 amide bonds. The van der Waals surface area contributed by atoms with Crippen molar-refractivity contribution in [1.82, 2.24) is 0 Å². The molecule has 1 heterocycles. The van der Waals surface area contributed by atoms with Gasteiger partial charge in [-0.05, 0) is 38.5 Å². The minimum atomic E-state index is -1.90. The highest BCUT2D eigenvalue weighted by Crippen LogP contribution is 2.27. The summed E-state index contributed by atoms with van der Waals surface area (Å²) in [7, 11) is 0. The SMILES string of the molecule is CCCC/C=C\CCCCCCCC(=O)OC(COC(=O)CCCCCCCCCCCCCCCCCCCCC)COC1OC(C(=O)O)C(O)C(O)C1OC(=O)CCCCCCCCCCCCCCCCCCC. The lowest BCUT2D eigenvalue weighted by atomic mass is 9.98. The van der Waals surface area contributed by atoms with Crippen molar-refractivity contribution in [2.45, 2.75) is 366 Å². The molecule has 6 atom stereocenters. The average Bonchev–Trinajstić information content (AvgIpc) is 3.42. The second-order valence-corrected chi connectivity index (χ2v) is 22.8. The molecule has 3 N–H and O–H groups in total. The topological polar surface area (TPSA) is 175 Å². The van der Waals surface area contributed by atoms with E-state index >= 15 is 0 Å². The number of hydrogen-bond donors (Lipinski definition) is 3. The molecule has 0 saturated carbocycles. The van der Waals surface area contributed by atoms with Gasteiger partial charge in [-0.1, -0.05) is 283 Å². The molecule has 0 aliphatic carbocycles. The van der Waals surface area contributed by atoms with Crippen LogP contribution >= 0.6 is 0 Å². The number of aliphatic hydroxyl groups is 2. The first-order valence-electron chi connectivity index (χ1n) is 32.7. The van der Waals surface area contributed by atoms with E-state index in [0.29, 0.717) is 19.3 Å². The van der Waals surface area contributed by atoms with Crippen molar-refractivity contribution in [2.75, 3.05) is 13.2 Å². The molecule has 0 aromatic carbocycles. The van der Waals surface area contributed by atoms with Gasteiger partial charge >= 0.3 is 23.9 Å². The third-order valence-electron chi connectivity index (χ3n) is 15.3. The first-order valence-corrected chi connectivity index (χ1v) is 32.7. The quantitative estimate of drug-likeness (QED) is 0.0228. The fraction of sp³-hybridized carbons (Fsp3) is 0.908. The molecule has 0 aromatic rings. The third-order valence-corrected chi connectivity index (χ3v) is 15.3. The monoisotopic (exact) mass is 1090 g/mol. The Kier molecular flexibility index (Phi) is 50.9. The van der Waals surface area contributed by atoms with E-state index in [4.69, 9.17) is 23.7 Å². The second-order valence-electron chi connectivity index (χ2n) is 22.8. The summed E-state index contributed by atoms with van der Waals surface area (Å²) in [6, 6.07) is 0. The van der Waals surface area contributed by atoms with E-state index in [1.807, 2.05) is 0 Å². The molecule has 1 aliphatic heterocycles. The van der Waals surface area contributed by atoms with Crippen LogP contribution in [-0.2, 0) is 42.9 Å². The Morgan fingerprint density at radius 3 is 1.14 bits per heavy atom. The summed E-state index contributed by atoms with van der Waals surface area (Å²) in [4.78, 5) is 51.2. The number of ether oxygens (including phenoxy) is 5. The maximum Gasteiger partial charge on any atom is 0.335 e. The lowest BCUT2D eigenvalue weighted by Crippen LogP contribution is -2.61. The Hall–Kier alpha value is -2.54. The number of carboxylic acids is 1. The maximum absolute atomic E-state index is 13.1. The highest BCUT2D eigenvalue weighted by atomic mass is 16.7. The zero-order valence-electron chi connectivity index (χ0n) is 50.0. The zero-order chi connectivity index (χ0) is 56.1. The van der Waals surface area contributed by atoms with Gasteiger partial charge < -0.3 is 39.0 Å². The number of carbonyl (C=O) groups excluding carboxylic acids is 3. The summed E-state index contributed by atoms with van der Waals surface area (Å²) < 4.78 is 28.5. The van der Waals surface area contributed by atoms with E-state index in [2.05, 4.69) is 32.9 Å². The number of carbonyl (C=O) groups is 4. The van der Waals surface area contributed by atoms with E-state index < -0.39 is 67.3 Å². The molecule has 1 aliphatic rings. The van der Waals surface area contributed by atoms with Crippen LogP contribution in [-0.4, -0.2) is 89.2 Å². The van der Waals surface area contributed by atoms with Gasteiger partial charge in [-0.25, -0.2) is 4.79 Å². The summed E-state index contributed by atoms with van der Waals surface area (Å²) in [6.07, 6.45) is 49.0. The second kappa shape index (κ2) is 54.1. The summed E-state index contributed by atoms with van der Waals surface area (Å²) in [6.45, 7) is 6.01. The zero-order valence-corrected chi connectivity index (χ0v) is 50.0. The maximum atomic E-state index is 13.1. The van der Waals surface area contributed by atoms with Crippen molar-refractivity contribution in [3.05, 3.63) is 12.2 Å². The number of carboxylic acid groups (broad SMARTS) is 1. The predicted molar refractivity (Wildman–Crippen MR) is 313 cm³/mol. The van der Waals surface area contributed by atoms with E-state index in [1.54, 1.807) is 0 Å². The van der Waals surface area contributed by atoms with Crippen LogP contribution < -0.4 is 0 Å². The molecule has 6 unspecified atom stereocenters. The van der Waals surface area contributed by atoms with Gasteiger partial charge in [0.25, 0.3) is 0 Å². The molecule has 1 fully saturated rings. The molecule has 0 bridgehead atoms. The molecule has 452 valence electrons. The van der Waals surface area contributed by atoms with Crippen molar-refractivity contribution in [2.24, 2.45) is 0 Å². The van der Waals surface area contributed by atoms with E-state index in [1.165, 1.54) is 193 Å². The number of allylic oxidation sites excluding steroid dienone is 2. The first kappa shape index (κ1) is 72.5. The van der Waals surface area contributed by atoms with Crippen LogP contribution in [0.2, 0.25) is 0 Å². The van der Waals surface area contributed by atoms with Gasteiger partial charge in [0.2, 0.25) is 0 Å². The summed E-state index contributed by atoms with van der Waals surface area (Å²) in [5, 5.41) is 31.5. The minimum Gasteiger partial charge on any atom is -0.479 e. The smallest absolute Gasteiger partial charge is 0.335 e. The van der Waals surface area contributed by atoms with E-state index in [-0.39, 0.29) is 25.9 Å². The number of rotatable bonds is 57. The van der Waals surface area contributed by atoms with Crippen molar-refractivity contribution in [3.63, 3.8) is 0 Å². The van der Waals surface area contributed by atoms with Gasteiger partial charge in [-0.15, -0.1) is 0 Å². The first-order chi connectivity index (χ1) is 37.6. The highest BCUT2D eigenvalue weighted by Gasteiger charge is 2.50. The number of esters is 3. The van der Waals surface area contributed by atoms with Crippen LogP contribution in [0.4, 0.5) is 0 Å². The lowest BCUT2D eigenvalue weighted by molar-refractivity contribution is -0.301. The van der Waals surface area contributed by atoms with Gasteiger partial charge in [0.05, 0.1) is 6.61 Å². The largest absolute Gasteiger partial charge is 0.479 e. The molecule has 77 heavy (non-hydrogen) atoms. The normalized spacial score (nSPS) is 18.0. The van der Waals surface area contributed by atoms with Crippen molar-refractivity contribution >= 4 is 23.9 Å². The predicted octanol–water partition coefficient (Wildman–Crippen LogP) is 17.2. The molecule has 12 heteroatoms. The standard InChI is InChI=1S/C65H120O12/c1-4-7-10-13-16-19-22-24-26-28-29-31-32-34-37-39-42-45-48-51-57(66)73-54-56(75-58(67)52-49-46-43-40-36-21-18-15-12-9-6-3)55-74-65-63(61(70)60(69)62(77-65)64(71)72)76-59(68)53-50-47-44-41-38-35-33-30-27-25-23-20-17-14-11-8-5-2/h15,18,56,60-63,65,69-70H,4-14,16-17,19-55H2,1-3H3,(H,71,72)/b18-15-. The Balaban J connectivity index is 2.59. The Morgan fingerprint density at radius 2 is 0.753 bits per heavy atom. The van der Waals surface area contributed by atoms with Gasteiger partial charge in [0.15, 0.2) is 24.6 Å².